The highest BCUT2D eigenvalue weighted by Gasteiger charge is 2.51. The Morgan fingerprint density at radius 1 is 0.833 bits per heavy atom. The molecule has 1 N–H and O–H groups in total. The van der Waals surface area contributed by atoms with Crippen molar-refractivity contribution < 1.29 is 5.11 Å². The minimum atomic E-state index is -0.957. The number of pyridine rings is 1. The molecule has 30 heavy (non-hydrogen) atoms. The molecule has 2 aromatic carbocycles. The van der Waals surface area contributed by atoms with Crippen LogP contribution in [0, 0.1) is 0 Å². The van der Waals surface area contributed by atoms with Gasteiger partial charge in [-0.15, -0.1) is 0 Å². The molecule has 0 bridgehead atoms. The van der Waals surface area contributed by atoms with Crippen LogP contribution in [-0.4, -0.2) is 34.1 Å². The number of benzene rings is 2. The van der Waals surface area contributed by atoms with E-state index in [-0.39, 0.29) is 11.8 Å². The third-order valence-corrected chi connectivity index (χ3v) is 7.15. The van der Waals surface area contributed by atoms with Gasteiger partial charge in [-0.3, -0.25) is 4.98 Å². The first kappa shape index (κ1) is 19.5. The molecule has 2 aliphatic rings. The number of aliphatic hydroxyl groups is 1. The molecule has 1 saturated heterocycles. The molecule has 1 aliphatic carbocycles. The number of aromatic nitrogens is 1. The van der Waals surface area contributed by atoms with Crippen LogP contribution in [0.5, 0.6) is 0 Å². The molecule has 2 fully saturated rings. The van der Waals surface area contributed by atoms with Crippen LogP contribution in [0.25, 0.3) is 0 Å². The fraction of sp³-hybridized carbons (Fsp3) is 0.370. The molecule has 1 aliphatic heterocycles. The predicted molar refractivity (Wildman–Crippen MR) is 120 cm³/mol. The van der Waals surface area contributed by atoms with E-state index >= 15 is 0 Å². The molecule has 5 rings (SSSR count). The smallest absolute Gasteiger partial charge is 0.100 e. The van der Waals surface area contributed by atoms with E-state index in [9.17, 15) is 5.11 Å². The van der Waals surface area contributed by atoms with E-state index in [1.165, 1.54) is 18.4 Å². The molecule has 1 saturated carbocycles. The maximum absolute atomic E-state index is 12.5. The fourth-order valence-corrected chi connectivity index (χ4v) is 5.78. The average Bonchev–Trinajstić information content (AvgIpc) is 3.35. The molecular formula is C27H30N2O. The number of rotatable bonds is 4. The summed E-state index contributed by atoms with van der Waals surface area (Å²) in [5.41, 5.74) is 2.33. The fourth-order valence-electron chi connectivity index (χ4n) is 5.78. The minimum absolute atomic E-state index is 0.0812. The Morgan fingerprint density at radius 3 is 2.17 bits per heavy atom. The third kappa shape index (κ3) is 3.57. The molecular weight excluding hydrogens is 368 g/mol. The summed E-state index contributed by atoms with van der Waals surface area (Å²) in [5, 5.41) is 12.5. The molecule has 3 nitrogen and oxygen atoms in total. The first-order valence-electron chi connectivity index (χ1n) is 11.2. The number of nitrogens with zero attached hydrogens (tertiary/aromatic N) is 2. The van der Waals surface area contributed by atoms with Crippen LogP contribution in [0.2, 0.25) is 0 Å². The molecule has 0 spiro atoms. The lowest BCUT2D eigenvalue weighted by Crippen LogP contribution is -2.50. The van der Waals surface area contributed by atoms with Crippen molar-refractivity contribution in [2.24, 2.45) is 0 Å². The number of hydrogen-bond donors (Lipinski definition) is 1. The van der Waals surface area contributed by atoms with Gasteiger partial charge in [-0.2, -0.15) is 0 Å². The van der Waals surface area contributed by atoms with E-state index in [2.05, 4.69) is 53.4 Å². The lowest BCUT2D eigenvalue weighted by atomic mass is 9.61. The standard InChI is InChI=1S/C27H30N2O/c30-27(22-13-5-2-6-14-22)20-23(29-17-9-10-18-29)19-24(21-11-3-1-4-12-21)26(27)25-15-7-8-16-28-25/h1-8,11-16,23-24,26,30H,9-10,17-20H2. The molecule has 1 aromatic heterocycles. The Balaban J connectivity index is 1.66. The van der Waals surface area contributed by atoms with E-state index in [0.717, 1.165) is 37.2 Å². The normalized spacial score (nSPS) is 29.7. The highest BCUT2D eigenvalue weighted by atomic mass is 16.3. The highest BCUT2D eigenvalue weighted by Crippen LogP contribution is 2.54. The SMILES string of the molecule is OC1(c2ccccc2)CC(N2CCCC2)CC(c2ccccc2)C1c1ccccn1. The maximum Gasteiger partial charge on any atom is 0.100 e. The molecule has 4 unspecified atom stereocenters. The summed E-state index contributed by atoms with van der Waals surface area (Å²) >= 11 is 0. The van der Waals surface area contributed by atoms with E-state index in [1.807, 2.05) is 36.5 Å². The summed E-state index contributed by atoms with van der Waals surface area (Å²) in [7, 11) is 0. The summed E-state index contributed by atoms with van der Waals surface area (Å²) in [6.07, 6.45) is 6.19. The number of hydrogen-bond acceptors (Lipinski definition) is 3. The van der Waals surface area contributed by atoms with Gasteiger partial charge in [0.2, 0.25) is 0 Å². The molecule has 3 aromatic rings. The van der Waals surface area contributed by atoms with Gasteiger partial charge in [0.1, 0.15) is 5.60 Å². The van der Waals surface area contributed by atoms with Crippen molar-refractivity contribution in [3.05, 3.63) is 102 Å². The highest BCUT2D eigenvalue weighted by molar-refractivity contribution is 5.36. The van der Waals surface area contributed by atoms with E-state index in [1.54, 1.807) is 0 Å². The van der Waals surface area contributed by atoms with Gasteiger partial charge in [-0.25, -0.2) is 0 Å². The first-order chi connectivity index (χ1) is 14.8. The van der Waals surface area contributed by atoms with Crippen molar-refractivity contribution in [3.8, 4) is 0 Å². The van der Waals surface area contributed by atoms with Crippen molar-refractivity contribution in [2.45, 2.75) is 49.2 Å². The van der Waals surface area contributed by atoms with E-state index in [0.29, 0.717) is 6.04 Å². The molecule has 0 amide bonds. The maximum atomic E-state index is 12.5. The second-order valence-electron chi connectivity index (χ2n) is 8.88. The van der Waals surface area contributed by atoms with E-state index < -0.39 is 5.60 Å². The molecule has 0 radical (unpaired) electrons. The summed E-state index contributed by atoms with van der Waals surface area (Å²) < 4.78 is 0. The number of likely N-dealkylation sites (tertiary alicyclic amines) is 1. The van der Waals surface area contributed by atoms with Gasteiger partial charge in [-0.05, 0) is 68.0 Å². The van der Waals surface area contributed by atoms with Gasteiger partial charge in [0.25, 0.3) is 0 Å². The van der Waals surface area contributed by atoms with Crippen LogP contribution < -0.4 is 0 Å². The topological polar surface area (TPSA) is 36.4 Å². The quantitative estimate of drug-likeness (QED) is 0.665. The Bertz CT molecular complexity index is 940. The van der Waals surface area contributed by atoms with Crippen LogP contribution in [0.3, 0.4) is 0 Å². The monoisotopic (exact) mass is 398 g/mol. The summed E-state index contributed by atoms with van der Waals surface area (Å²) in [6.45, 7) is 2.29. The summed E-state index contributed by atoms with van der Waals surface area (Å²) in [5.74, 6) is 0.132. The summed E-state index contributed by atoms with van der Waals surface area (Å²) in [6, 6.07) is 27.5. The van der Waals surface area contributed by atoms with Crippen LogP contribution in [0.1, 0.15) is 54.3 Å². The zero-order valence-electron chi connectivity index (χ0n) is 17.4. The molecule has 2 heterocycles. The Morgan fingerprint density at radius 2 is 1.50 bits per heavy atom. The molecule has 3 heteroatoms. The molecule has 154 valence electrons. The van der Waals surface area contributed by atoms with Gasteiger partial charge in [-0.1, -0.05) is 66.7 Å². The van der Waals surface area contributed by atoms with Crippen molar-refractivity contribution in [2.75, 3.05) is 13.1 Å². The minimum Gasteiger partial charge on any atom is -0.384 e. The zero-order valence-corrected chi connectivity index (χ0v) is 17.4. The lowest BCUT2D eigenvalue weighted by molar-refractivity contribution is -0.0612. The average molecular weight is 399 g/mol. The zero-order chi connectivity index (χ0) is 20.4. The van der Waals surface area contributed by atoms with Crippen molar-refractivity contribution >= 4 is 0 Å². The Hall–Kier alpha value is -2.49. The second kappa shape index (κ2) is 8.33. The van der Waals surface area contributed by atoms with E-state index in [4.69, 9.17) is 4.98 Å². The Kier molecular flexibility index (Phi) is 5.41. The largest absolute Gasteiger partial charge is 0.384 e. The van der Waals surface area contributed by atoms with Gasteiger partial charge >= 0.3 is 0 Å². The lowest BCUT2D eigenvalue weighted by Gasteiger charge is -2.50. The second-order valence-corrected chi connectivity index (χ2v) is 8.88. The third-order valence-electron chi connectivity index (χ3n) is 7.15. The van der Waals surface area contributed by atoms with Crippen LogP contribution in [0.15, 0.2) is 85.1 Å². The Labute approximate surface area is 179 Å². The van der Waals surface area contributed by atoms with Gasteiger partial charge in [0.15, 0.2) is 0 Å². The van der Waals surface area contributed by atoms with Crippen LogP contribution in [0.4, 0.5) is 0 Å². The van der Waals surface area contributed by atoms with Gasteiger partial charge < -0.3 is 10.0 Å². The van der Waals surface area contributed by atoms with Crippen LogP contribution >= 0.6 is 0 Å². The van der Waals surface area contributed by atoms with Gasteiger partial charge in [0, 0.05) is 23.9 Å². The van der Waals surface area contributed by atoms with Crippen LogP contribution in [-0.2, 0) is 5.60 Å². The van der Waals surface area contributed by atoms with Gasteiger partial charge in [0.05, 0.1) is 0 Å². The first-order valence-corrected chi connectivity index (χ1v) is 11.2. The predicted octanol–water partition coefficient (Wildman–Crippen LogP) is 5.10. The van der Waals surface area contributed by atoms with Crippen molar-refractivity contribution in [1.29, 1.82) is 0 Å². The summed E-state index contributed by atoms with van der Waals surface area (Å²) in [4.78, 5) is 7.36. The van der Waals surface area contributed by atoms with Crippen molar-refractivity contribution in [1.82, 2.24) is 9.88 Å². The molecule has 4 atom stereocenters. The van der Waals surface area contributed by atoms with Crippen molar-refractivity contribution in [3.63, 3.8) is 0 Å².